The van der Waals surface area contributed by atoms with E-state index in [9.17, 15) is 10.2 Å². The second-order valence-electron chi connectivity index (χ2n) is 3.60. The molecule has 5 nitrogen and oxygen atoms in total. The molecule has 17 heavy (non-hydrogen) atoms. The first kappa shape index (κ1) is 10.9. The van der Waals surface area contributed by atoms with Crippen LogP contribution in [0.5, 0.6) is 11.5 Å². The van der Waals surface area contributed by atoms with Crippen LogP contribution in [0.25, 0.3) is 0 Å². The fraction of sp³-hybridized carbons (Fsp3) is 0. The van der Waals surface area contributed by atoms with Gasteiger partial charge in [-0.3, -0.25) is 0 Å². The smallest absolute Gasteiger partial charge is 0.140 e. The Hall–Kier alpha value is -2.56. The van der Waals surface area contributed by atoms with Gasteiger partial charge in [0, 0.05) is 0 Å². The van der Waals surface area contributed by atoms with Crippen LogP contribution in [0.3, 0.4) is 0 Å². The van der Waals surface area contributed by atoms with Gasteiger partial charge in [0.25, 0.3) is 0 Å². The van der Waals surface area contributed by atoms with E-state index in [4.69, 9.17) is 11.5 Å². The van der Waals surface area contributed by atoms with Gasteiger partial charge in [-0.1, -0.05) is 12.1 Å². The Bertz CT molecular complexity index is 506. The van der Waals surface area contributed by atoms with Crippen molar-refractivity contribution >= 4 is 22.7 Å². The van der Waals surface area contributed by atoms with Crippen LogP contribution >= 0.6 is 0 Å². The maximum Gasteiger partial charge on any atom is 0.140 e. The summed E-state index contributed by atoms with van der Waals surface area (Å²) in [5.41, 5.74) is 12.9. The normalized spacial score (nSPS) is 10.1. The third-order valence-electron chi connectivity index (χ3n) is 2.44. The quantitative estimate of drug-likeness (QED) is 0.401. The van der Waals surface area contributed by atoms with Crippen molar-refractivity contribution in [1.82, 2.24) is 0 Å². The molecule has 2 aromatic rings. The molecule has 0 aromatic heterocycles. The highest BCUT2D eigenvalue weighted by atomic mass is 16.3. The molecule has 0 aliphatic carbocycles. The molecule has 0 amide bonds. The number of nitrogens with one attached hydrogen (secondary N) is 1. The molecule has 0 saturated carbocycles. The first-order valence-corrected chi connectivity index (χ1v) is 5.01. The topological polar surface area (TPSA) is 105 Å². The lowest BCUT2D eigenvalue weighted by molar-refractivity contribution is 0.478. The second kappa shape index (κ2) is 4.13. The van der Waals surface area contributed by atoms with Crippen LogP contribution in [-0.2, 0) is 0 Å². The van der Waals surface area contributed by atoms with Crippen molar-refractivity contribution in [2.75, 3.05) is 16.8 Å². The van der Waals surface area contributed by atoms with Crippen molar-refractivity contribution < 1.29 is 10.2 Å². The van der Waals surface area contributed by atoms with E-state index in [1.54, 1.807) is 24.3 Å². The minimum atomic E-state index is -0.00581. The van der Waals surface area contributed by atoms with Gasteiger partial charge in [0.15, 0.2) is 0 Å². The number of nitrogen functional groups attached to an aromatic ring is 2. The Labute approximate surface area is 98.3 Å². The summed E-state index contributed by atoms with van der Waals surface area (Å²) in [5.74, 6) is -0.0116. The average molecular weight is 231 g/mol. The molecular formula is C12H13N3O2. The van der Waals surface area contributed by atoms with Crippen LogP contribution < -0.4 is 16.8 Å². The minimum Gasteiger partial charge on any atom is -0.506 e. The van der Waals surface area contributed by atoms with Crippen molar-refractivity contribution in [2.24, 2.45) is 0 Å². The Morgan fingerprint density at radius 1 is 0.765 bits per heavy atom. The number of para-hydroxylation sites is 2. The highest BCUT2D eigenvalue weighted by Gasteiger charge is 2.07. The van der Waals surface area contributed by atoms with Gasteiger partial charge in [0.05, 0.1) is 22.7 Å². The summed E-state index contributed by atoms with van der Waals surface area (Å²) in [4.78, 5) is 0. The second-order valence-corrected chi connectivity index (χ2v) is 3.60. The molecule has 2 aromatic carbocycles. The van der Waals surface area contributed by atoms with Crippen molar-refractivity contribution in [3.05, 3.63) is 36.4 Å². The molecule has 0 radical (unpaired) electrons. The number of aromatic hydroxyl groups is 2. The van der Waals surface area contributed by atoms with Crippen LogP contribution in [0, 0.1) is 0 Å². The van der Waals surface area contributed by atoms with Gasteiger partial charge in [0.2, 0.25) is 0 Å². The number of hydrogen-bond donors (Lipinski definition) is 5. The number of anilines is 4. The highest BCUT2D eigenvalue weighted by molar-refractivity contribution is 5.83. The monoisotopic (exact) mass is 231 g/mol. The Kier molecular flexibility index (Phi) is 2.66. The fourth-order valence-electron chi connectivity index (χ4n) is 1.47. The van der Waals surface area contributed by atoms with Crippen LogP contribution in [0.4, 0.5) is 22.7 Å². The van der Waals surface area contributed by atoms with E-state index >= 15 is 0 Å². The van der Waals surface area contributed by atoms with Gasteiger partial charge in [-0.15, -0.1) is 0 Å². The minimum absolute atomic E-state index is 0.00581. The third kappa shape index (κ3) is 2.03. The van der Waals surface area contributed by atoms with E-state index in [2.05, 4.69) is 5.32 Å². The molecule has 7 N–H and O–H groups in total. The summed E-state index contributed by atoms with van der Waals surface area (Å²) >= 11 is 0. The molecule has 2 rings (SSSR count). The van der Waals surface area contributed by atoms with E-state index in [1.165, 1.54) is 12.1 Å². The van der Waals surface area contributed by atoms with Crippen molar-refractivity contribution in [2.45, 2.75) is 0 Å². The zero-order valence-corrected chi connectivity index (χ0v) is 9.01. The lowest BCUT2D eigenvalue weighted by Crippen LogP contribution is -1.99. The van der Waals surface area contributed by atoms with Gasteiger partial charge in [-0.05, 0) is 24.3 Å². The van der Waals surface area contributed by atoms with E-state index < -0.39 is 0 Å². The van der Waals surface area contributed by atoms with Crippen LogP contribution in [0.1, 0.15) is 0 Å². The van der Waals surface area contributed by atoms with Gasteiger partial charge < -0.3 is 27.0 Å². The number of rotatable bonds is 2. The maximum absolute atomic E-state index is 9.46. The molecule has 0 heterocycles. The molecule has 5 heteroatoms. The number of benzene rings is 2. The lowest BCUT2D eigenvalue weighted by Gasteiger charge is -2.12. The molecule has 0 spiro atoms. The Balaban J connectivity index is 2.38. The highest BCUT2D eigenvalue weighted by Crippen LogP contribution is 2.34. The van der Waals surface area contributed by atoms with Crippen molar-refractivity contribution in [3.63, 3.8) is 0 Å². The molecule has 0 bridgehead atoms. The van der Waals surface area contributed by atoms with Crippen LogP contribution in [0.15, 0.2) is 36.4 Å². The third-order valence-corrected chi connectivity index (χ3v) is 2.44. The number of phenols is 2. The van der Waals surface area contributed by atoms with Crippen molar-refractivity contribution in [1.29, 1.82) is 0 Å². The molecule has 0 fully saturated rings. The molecule has 88 valence electrons. The molecule has 0 saturated heterocycles. The van der Waals surface area contributed by atoms with Crippen molar-refractivity contribution in [3.8, 4) is 11.5 Å². The van der Waals surface area contributed by atoms with Gasteiger partial charge >= 0.3 is 0 Å². The summed E-state index contributed by atoms with van der Waals surface area (Å²) < 4.78 is 0. The van der Waals surface area contributed by atoms with E-state index in [1.807, 2.05) is 0 Å². The summed E-state index contributed by atoms with van der Waals surface area (Å²) in [6.07, 6.45) is 0. The predicted molar refractivity (Wildman–Crippen MR) is 68.3 cm³/mol. The Morgan fingerprint density at radius 3 is 1.59 bits per heavy atom. The number of nitrogens with two attached hydrogens (primary N) is 2. The number of hydrogen-bond acceptors (Lipinski definition) is 5. The summed E-state index contributed by atoms with van der Waals surface area (Å²) in [5, 5.41) is 21.9. The largest absolute Gasteiger partial charge is 0.506 e. The van der Waals surface area contributed by atoms with E-state index in [0.717, 1.165) is 0 Å². The SMILES string of the molecule is Nc1c(O)cccc1Nc1cccc(O)c1N. The van der Waals surface area contributed by atoms with E-state index in [0.29, 0.717) is 11.4 Å². The number of phenolic OH excluding ortho intramolecular Hbond substituents is 2. The molecular weight excluding hydrogens is 218 g/mol. The fourth-order valence-corrected chi connectivity index (χ4v) is 1.47. The van der Waals surface area contributed by atoms with E-state index in [-0.39, 0.29) is 22.9 Å². The first-order chi connectivity index (χ1) is 8.09. The predicted octanol–water partition coefficient (Wildman–Crippen LogP) is 2.01. The summed E-state index contributed by atoms with van der Waals surface area (Å²) in [6.45, 7) is 0. The molecule has 0 aliphatic rings. The van der Waals surface area contributed by atoms with Crippen LogP contribution in [-0.4, -0.2) is 10.2 Å². The summed E-state index contributed by atoms with van der Waals surface area (Å²) in [6, 6.07) is 9.72. The summed E-state index contributed by atoms with van der Waals surface area (Å²) in [7, 11) is 0. The standard InChI is InChI=1S/C12H13N3O2/c13-11-7(3-1-5-9(11)16)15-8-4-2-6-10(17)12(8)14/h1-6,15-17H,13-14H2. The molecule has 0 unspecified atom stereocenters. The zero-order chi connectivity index (χ0) is 12.4. The zero-order valence-electron chi connectivity index (χ0n) is 9.01. The van der Waals surface area contributed by atoms with Gasteiger partial charge in [-0.25, -0.2) is 0 Å². The van der Waals surface area contributed by atoms with Crippen LogP contribution in [0.2, 0.25) is 0 Å². The molecule has 0 aliphatic heterocycles. The molecule has 0 atom stereocenters. The lowest BCUT2D eigenvalue weighted by atomic mass is 10.2. The average Bonchev–Trinajstić information content (AvgIpc) is 2.31. The van der Waals surface area contributed by atoms with Gasteiger partial charge in [-0.2, -0.15) is 0 Å². The van der Waals surface area contributed by atoms with Gasteiger partial charge in [0.1, 0.15) is 11.5 Å². The Morgan fingerprint density at radius 2 is 1.18 bits per heavy atom. The maximum atomic E-state index is 9.46. The first-order valence-electron chi connectivity index (χ1n) is 5.01.